The van der Waals surface area contributed by atoms with E-state index in [1.807, 2.05) is 78.2 Å². The van der Waals surface area contributed by atoms with E-state index < -0.39 is 6.04 Å². The zero-order valence-corrected chi connectivity index (χ0v) is 16.1. The minimum Gasteiger partial charge on any atom is -0.324 e. The number of nitrogens with zero attached hydrogens (tertiary/aromatic N) is 2. The van der Waals surface area contributed by atoms with Crippen molar-refractivity contribution in [1.82, 2.24) is 4.57 Å². The molecule has 0 spiro atoms. The lowest BCUT2D eigenvalue weighted by Crippen LogP contribution is -2.35. The van der Waals surface area contributed by atoms with Gasteiger partial charge in [0.15, 0.2) is 0 Å². The van der Waals surface area contributed by atoms with Crippen molar-refractivity contribution in [2.24, 2.45) is 5.84 Å². The number of nitrogens with one attached hydrogen (secondary N) is 1. The molecule has 0 aliphatic carbocycles. The summed E-state index contributed by atoms with van der Waals surface area (Å²) in [5.74, 6) is 5.49. The van der Waals surface area contributed by atoms with Crippen molar-refractivity contribution in [2.75, 3.05) is 17.4 Å². The molecule has 0 radical (unpaired) electrons. The highest BCUT2D eigenvalue weighted by molar-refractivity contribution is 7.71. The van der Waals surface area contributed by atoms with Crippen molar-refractivity contribution in [3.8, 4) is 0 Å². The summed E-state index contributed by atoms with van der Waals surface area (Å²) in [5, 5.41) is 0. The van der Waals surface area contributed by atoms with Gasteiger partial charge in [-0.05, 0) is 30.7 Å². The first-order chi connectivity index (χ1) is 13.0. The van der Waals surface area contributed by atoms with Crippen molar-refractivity contribution in [1.29, 1.82) is 0 Å². The highest BCUT2D eigenvalue weighted by Gasteiger charge is 2.27. The Kier molecular flexibility index (Phi) is 5.69. The topological polar surface area (TPSA) is 63.3 Å². The van der Waals surface area contributed by atoms with Crippen molar-refractivity contribution in [3.05, 3.63) is 88.7 Å². The lowest BCUT2D eigenvalue weighted by atomic mass is 10.0. The number of amides is 1. The average molecular weight is 379 g/mol. The van der Waals surface area contributed by atoms with Crippen LogP contribution in [0.25, 0.3) is 0 Å². The number of anilines is 2. The van der Waals surface area contributed by atoms with Crippen molar-refractivity contribution >= 4 is 29.5 Å². The number of nitrogens with two attached hydrogens (primary N) is 1. The van der Waals surface area contributed by atoms with Gasteiger partial charge in [0.2, 0.25) is 0 Å². The van der Waals surface area contributed by atoms with Crippen LogP contribution in [-0.4, -0.2) is 17.5 Å². The molecule has 6 heteroatoms. The third kappa shape index (κ3) is 3.77. The molecule has 1 aromatic heterocycles. The first-order valence-corrected chi connectivity index (χ1v) is 9.01. The van der Waals surface area contributed by atoms with Gasteiger partial charge in [-0.2, -0.15) is 0 Å². The van der Waals surface area contributed by atoms with E-state index in [1.165, 1.54) is 0 Å². The Bertz CT molecular complexity index is 986. The maximum absolute atomic E-state index is 13.5. The second-order valence-corrected chi connectivity index (χ2v) is 6.64. The molecule has 0 fully saturated rings. The summed E-state index contributed by atoms with van der Waals surface area (Å²) in [4.78, 5) is 15.1. The van der Waals surface area contributed by atoms with Crippen LogP contribution >= 0.6 is 12.2 Å². The monoisotopic (exact) mass is 378 g/mol. The van der Waals surface area contributed by atoms with E-state index in [2.05, 4.69) is 5.43 Å². The first-order valence-electron chi connectivity index (χ1n) is 8.60. The number of rotatable bonds is 5. The SMILES string of the molecule is Cc1c(NN)ccn(C(C(=O)N(C)c2ccccc2)c2ccccc2)c1=S. The van der Waals surface area contributed by atoms with Gasteiger partial charge in [-0.25, -0.2) is 0 Å². The number of likely N-dealkylation sites (N-methyl/N-ethyl adjacent to an activating group) is 1. The molecule has 2 aromatic carbocycles. The second-order valence-electron chi connectivity index (χ2n) is 6.26. The average Bonchev–Trinajstić information content (AvgIpc) is 2.72. The predicted molar refractivity (Wildman–Crippen MR) is 112 cm³/mol. The molecule has 3 N–H and O–H groups in total. The molecule has 1 heterocycles. The molecule has 27 heavy (non-hydrogen) atoms. The normalized spacial score (nSPS) is 11.7. The van der Waals surface area contributed by atoms with Gasteiger partial charge in [-0.15, -0.1) is 0 Å². The Balaban J connectivity index is 2.12. The zero-order chi connectivity index (χ0) is 19.4. The minimum absolute atomic E-state index is 0.0728. The Hall–Kier alpha value is -2.96. The first kappa shape index (κ1) is 18.8. The molecule has 138 valence electrons. The van der Waals surface area contributed by atoms with Crippen LogP contribution < -0.4 is 16.2 Å². The smallest absolute Gasteiger partial charge is 0.254 e. The predicted octanol–water partition coefficient (Wildman–Crippen LogP) is 4.06. The highest BCUT2D eigenvalue weighted by Crippen LogP contribution is 2.26. The van der Waals surface area contributed by atoms with E-state index in [4.69, 9.17) is 18.1 Å². The minimum atomic E-state index is -0.575. The maximum Gasteiger partial charge on any atom is 0.254 e. The van der Waals surface area contributed by atoms with Crippen LogP contribution in [0.2, 0.25) is 0 Å². The second kappa shape index (κ2) is 8.16. The van der Waals surface area contributed by atoms with Crippen molar-refractivity contribution in [2.45, 2.75) is 13.0 Å². The van der Waals surface area contributed by atoms with Crippen LogP contribution in [0.1, 0.15) is 17.2 Å². The fraction of sp³-hybridized carbons (Fsp3) is 0.143. The van der Waals surface area contributed by atoms with E-state index in [0.717, 1.165) is 22.5 Å². The van der Waals surface area contributed by atoms with Gasteiger partial charge in [0.1, 0.15) is 10.7 Å². The molecule has 1 amide bonds. The third-order valence-corrected chi connectivity index (χ3v) is 5.14. The molecule has 0 bridgehead atoms. The van der Waals surface area contributed by atoms with Gasteiger partial charge in [0.25, 0.3) is 5.91 Å². The summed E-state index contributed by atoms with van der Waals surface area (Å²) >= 11 is 5.64. The lowest BCUT2D eigenvalue weighted by molar-refractivity contribution is -0.120. The summed E-state index contributed by atoms with van der Waals surface area (Å²) in [6, 6.07) is 20.5. The van der Waals surface area contributed by atoms with Gasteiger partial charge >= 0.3 is 0 Å². The molecule has 0 aliphatic rings. The largest absolute Gasteiger partial charge is 0.324 e. The molecular formula is C21H22N4OS. The Morgan fingerprint density at radius 3 is 2.26 bits per heavy atom. The van der Waals surface area contributed by atoms with E-state index in [0.29, 0.717) is 4.64 Å². The molecule has 1 atom stereocenters. The lowest BCUT2D eigenvalue weighted by Gasteiger charge is -2.27. The maximum atomic E-state index is 13.5. The van der Waals surface area contributed by atoms with E-state index >= 15 is 0 Å². The number of nitrogen functional groups attached to an aromatic ring is 1. The Morgan fingerprint density at radius 2 is 1.67 bits per heavy atom. The fourth-order valence-electron chi connectivity index (χ4n) is 3.04. The van der Waals surface area contributed by atoms with Crippen LogP contribution in [0.15, 0.2) is 72.9 Å². The number of hydrogen-bond donors (Lipinski definition) is 2. The number of carbonyl (C=O) groups excluding carboxylic acids is 1. The van der Waals surface area contributed by atoms with E-state index in [1.54, 1.807) is 18.1 Å². The molecule has 0 saturated carbocycles. The summed E-state index contributed by atoms with van der Waals surface area (Å²) in [6.45, 7) is 1.89. The van der Waals surface area contributed by atoms with Crippen molar-refractivity contribution < 1.29 is 4.79 Å². The molecule has 3 aromatic rings. The summed E-state index contributed by atoms with van der Waals surface area (Å²) in [7, 11) is 1.78. The van der Waals surface area contributed by atoms with Gasteiger partial charge < -0.3 is 14.9 Å². The van der Waals surface area contributed by atoms with Gasteiger partial charge in [-0.3, -0.25) is 10.6 Å². The number of carbonyl (C=O) groups is 1. The van der Waals surface area contributed by atoms with E-state index in [-0.39, 0.29) is 5.91 Å². The van der Waals surface area contributed by atoms with Crippen molar-refractivity contribution in [3.63, 3.8) is 0 Å². The van der Waals surface area contributed by atoms with Gasteiger partial charge in [0, 0.05) is 24.5 Å². The summed E-state index contributed by atoms with van der Waals surface area (Å²) in [6.07, 6.45) is 1.80. The fourth-order valence-corrected chi connectivity index (χ4v) is 3.31. The molecular weight excluding hydrogens is 356 g/mol. The third-order valence-electron chi connectivity index (χ3n) is 4.62. The summed E-state index contributed by atoms with van der Waals surface area (Å²) in [5.41, 5.74) is 5.91. The number of hydrazine groups is 1. The molecule has 1 unspecified atom stereocenters. The quantitative estimate of drug-likeness (QED) is 0.399. The summed E-state index contributed by atoms with van der Waals surface area (Å²) < 4.78 is 2.39. The van der Waals surface area contributed by atoms with Crippen LogP contribution in [0, 0.1) is 11.6 Å². The van der Waals surface area contributed by atoms with E-state index in [9.17, 15) is 4.79 Å². The number of hydrogen-bond acceptors (Lipinski definition) is 4. The Labute approximate surface area is 164 Å². The van der Waals surface area contributed by atoms with Crippen LogP contribution in [0.3, 0.4) is 0 Å². The standard InChI is InChI=1S/C21H22N4OS/c1-15-18(23-22)13-14-25(21(15)27)19(16-9-5-3-6-10-16)20(26)24(2)17-11-7-4-8-12-17/h3-14,19,23H,22H2,1-2H3. The van der Waals surface area contributed by atoms with Crippen LogP contribution in [0.5, 0.6) is 0 Å². The van der Waals surface area contributed by atoms with Crippen LogP contribution in [-0.2, 0) is 4.79 Å². The number of para-hydroxylation sites is 1. The number of benzene rings is 2. The number of pyridine rings is 1. The molecule has 3 rings (SSSR count). The molecule has 0 saturated heterocycles. The number of aromatic nitrogens is 1. The van der Waals surface area contributed by atoms with Crippen LogP contribution in [0.4, 0.5) is 11.4 Å². The zero-order valence-electron chi connectivity index (χ0n) is 15.3. The highest BCUT2D eigenvalue weighted by atomic mass is 32.1. The molecule has 5 nitrogen and oxygen atoms in total. The van der Waals surface area contributed by atoms with Gasteiger partial charge in [-0.1, -0.05) is 60.7 Å². The van der Waals surface area contributed by atoms with Gasteiger partial charge in [0.05, 0.1) is 5.69 Å². The Morgan fingerprint density at radius 1 is 1.07 bits per heavy atom. The molecule has 0 aliphatic heterocycles.